The molecule has 8 nitrogen and oxygen atoms in total. The van der Waals surface area contributed by atoms with Gasteiger partial charge in [-0.25, -0.2) is 4.98 Å². The number of imidazole rings is 1. The van der Waals surface area contributed by atoms with Gasteiger partial charge in [-0.3, -0.25) is 9.56 Å². The van der Waals surface area contributed by atoms with Gasteiger partial charge < -0.3 is 25.4 Å². The van der Waals surface area contributed by atoms with Crippen LogP contribution in [0.25, 0.3) is 0 Å². The number of aliphatic hydroxyl groups is 3. The normalized spacial score (nSPS) is 35.3. The summed E-state index contributed by atoms with van der Waals surface area (Å²) in [6.07, 6.45) is 0.865. The molecule has 0 aromatic carbocycles. The molecule has 21 heavy (non-hydrogen) atoms. The molecule has 1 aromatic heterocycles. The summed E-state index contributed by atoms with van der Waals surface area (Å²) < 4.78 is 7.34. The first-order valence-electron chi connectivity index (χ1n) is 6.63. The molecule has 0 bridgehead atoms. The second kappa shape index (κ2) is 5.93. The average molecular weight is 314 g/mol. The van der Waals surface area contributed by atoms with Gasteiger partial charge in [0.15, 0.2) is 6.23 Å². The summed E-state index contributed by atoms with van der Waals surface area (Å²) in [5.41, 5.74) is 0.450. The van der Waals surface area contributed by atoms with Crippen LogP contribution in [0.4, 0.5) is 5.82 Å². The highest BCUT2D eigenvalue weighted by Gasteiger charge is 2.44. The maximum atomic E-state index is 10.2. The molecule has 0 amide bonds. The molecular weight excluding hydrogens is 296 g/mol. The number of fused-ring (bicyclic) bond motifs is 1. The Kier molecular flexibility index (Phi) is 4.18. The summed E-state index contributed by atoms with van der Waals surface area (Å²) in [6.45, 7) is 0.225. The van der Waals surface area contributed by atoms with Crippen LogP contribution >= 0.6 is 11.8 Å². The summed E-state index contributed by atoms with van der Waals surface area (Å²) >= 11 is 1.54. The molecule has 3 heterocycles. The summed E-state index contributed by atoms with van der Waals surface area (Å²) in [5.74, 6) is 1.10. The third-order valence-corrected chi connectivity index (χ3v) is 4.31. The molecule has 4 N–H and O–H groups in total. The Bertz CT molecular complexity index is 537. The number of aliphatic imine (C=N–C) groups is 1. The molecule has 116 valence electrons. The smallest absolute Gasteiger partial charge is 0.165 e. The van der Waals surface area contributed by atoms with Crippen molar-refractivity contribution in [1.82, 2.24) is 9.55 Å². The van der Waals surface area contributed by atoms with E-state index in [1.54, 1.807) is 4.57 Å². The standard InChI is InChI=1S/C12H18N4O4S/c1-21-3-7-9(18)10(19)12(20-7)16-5-15-8-6(17)2-13-4-14-11(8)16/h4-7,9-10,12,17-19H,2-3H2,1H3,(H,13,14)/t6?,7-,9+,10?,12-/m1/s1. The largest absolute Gasteiger partial charge is 0.387 e. The Morgan fingerprint density at radius 2 is 2.24 bits per heavy atom. The number of thioether (sulfide) groups is 1. The first-order valence-corrected chi connectivity index (χ1v) is 8.03. The van der Waals surface area contributed by atoms with Crippen LogP contribution in [0.5, 0.6) is 0 Å². The van der Waals surface area contributed by atoms with Crippen molar-refractivity contribution in [2.45, 2.75) is 30.6 Å². The minimum Gasteiger partial charge on any atom is -0.387 e. The van der Waals surface area contributed by atoms with Gasteiger partial charge in [0.2, 0.25) is 0 Å². The molecular formula is C12H18N4O4S. The molecule has 1 aromatic rings. The van der Waals surface area contributed by atoms with Crippen LogP contribution in [-0.2, 0) is 4.74 Å². The number of aliphatic hydroxyl groups excluding tert-OH is 3. The van der Waals surface area contributed by atoms with Crippen molar-refractivity contribution in [1.29, 1.82) is 0 Å². The van der Waals surface area contributed by atoms with E-state index >= 15 is 0 Å². The van der Waals surface area contributed by atoms with E-state index in [-0.39, 0.29) is 6.54 Å². The SMILES string of the molecule is CSC[C@H]1O[C@@H](n2cnc3c2NC=NCC3O)C(O)[C@H]1O. The summed E-state index contributed by atoms with van der Waals surface area (Å²) in [6, 6.07) is 0. The third kappa shape index (κ3) is 2.55. The number of nitrogens with zero attached hydrogens (tertiary/aromatic N) is 3. The zero-order valence-electron chi connectivity index (χ0n) is 11.5. The van der Waals surface area contributed by atoms with Crippen molar-refractivity contribution in [3.05, 3.63) is 12.0 Å². The summed E-state index contributed by atoms with van der Waals surface area (Å²) in [7, 11) is 0. The maximum absolute atomic E-state index is 10.2. The second-order valence-electron chi connectivity index (χ2n) is 5.04. The number of hydrogen-bond acceptors (Lipinski definition) is 8. The van der Waals surface area contributed by atoms with E-state index in [4.69, 9.17) is 4.74 Å². The van der Waals surface area contributed by atoms with Gasteiger partial charge in [0, 0.05) is 5.75 Å². The molecule has 9 heteroatoms. The van der Waals surface area contributed by atoms with Gasteiger partial charge >= 0.3 is 0 Å². The van der Waals surface area contributed by atoms with Crippen LogP contribution in [-0.4, -0.2) is 68.1 Å². The van der Waals surface area contributed by atoms with Crippen molar-refractivity contribution in [3.8, 4) is 0 Å². The van der Waals surface area contributed by atoms with Gasteiger partial charge in [-0.15, -0.1) is 0 Å². The van der Waals surface area contributed by atoms with Gasteiger partial charge in [0.1, 0.15) is 29.8 Å². The Morgan fingerprint density at radius 1 is 1.43 bits per heavy atom. The van der Waals surface area contributed by atoms with E-state index in [0.717, 1.165) is 0 Å². The lowest BCUT2D eigenvalue weighted by molar-refractivity contribution is -0.0298. The number of hydrogen-bond donors (Lipinski definition) is 4. The highest BCUT2D eigenvalue weighted by atomic mass is 32.2. The fourth-order valence-electron chi connectivity index (χ4n) is 2.57. The van der Waals surface area contributed by atoms with Crippen molar-refractivity contribution in [3.63, 3.8) is 0 Å². The molecule has 0 spiro atoms. The van der Waals surface area contributed by atoms with Crippen molar-refractivity contribution in [2.24, 2.45) is 4.99 Å². The van der Waals surface area contributed by atoms with Crippen molar-refractivity contribution >= 4 is 23.9 Å². The highest BCUT2D eigenvalue weighted by molar-refractivity contribution is 7.98. The lowest BCUT2D eigenvalue weighted by atomic mass is 10.1. The molecule has 3 rings (SSSR count). The Hall–Kier alpha value is -1.13. The first-order chi connectivity index (χ1) is 10.1. The molecule has 1 saturated heterocycles. The molecule has 2 unspecified atom stereocenters. The van der Waals surface area contributed by atoms with E-state index in [2.05, 4.69) is 15.3 Å². The van der Waals surface area contributed by atoms with Gasteiger partial charge in [-0.1, -0.05) is 0 Å². The number of rotatable bonds is 3. The van der Waals surface area contributed by atoms with Crippen LogP contribution in [0.15, 0.2) is 11.3 Å². The van der Waals surface area contributed by atoms with Gasteiger partial charge in [-0.05, 0) is 6.26 Å². The Balaban J connectivity index is 1.90. The molecule has 0 aliphatic carbocycles. The maximum Gasteiger partial charge on any atom is 0.165 e. The second-order valence-corrected chi connectivity index (χ2v) is 5.95. The molecule has 0 saturated carbocycles. The molecule has 1 fully saturated rings. The van der Waals surface area contributed by atoms with Crippen molar-refractivity contribution < 1.29 is 20.1 Å². The number of anilines is 1. The molecule has 5 atom stereocenters. The number of nitrogens with one attached hydrogen (secondary N) is 1. The Labute approximate surface area is 125 Å². The fourth-order valence-corrected chi connectivity index (χ4v) is 3.17. The van der Waals surface area contributed by atoms with Crippen LogP contribution in [0.3, 0.4) is 0 Å². The van der Waals surface area contributed by atoms with Crippen molar-refractivity contribution in [2.75, 3.05) is 23.9 Å². The van der Waals surface area contributed by atoms with Crippen LogP contribution in [0.2, 0.25) is 0 Å². The van der Waals surface area contributed by atoms with Gasteiger partial charge in [0.25, 0.3) is 0 Å². The van der Waals surface area contributed by atoms with E-state index < -0.39 is 30.6 Å². The minimum atomic E-state index is -1.06. The van der Waals surface area contributed by atoms with Crippen LogP contribution in [0, 0.1) is 0 Å². The lowest BCUT2D eigenvalue weighted by Crippen LogP contribution is -2.32. The zero-order valence-corrected chi connectivity index (χ0v) is 12.3. The van der Waals surface area contributed by atoms with Crippen LogP contribution in [0.1, 0.15) is 18.0 Å². The topological polar surface area (TPSA) is 112 Å². The predicted molar refractivity (Wildman–Crippen MR) is 78.5 cm³/mol. The monoisotopic (exact) mass is 314 g/mol. The van der Waals surface area contributed by atoms with E-state index in [9.17, 15) is 15.3 Å². The summed E-state index contributed by atoms with van der Waals surface area (Å²) in [5, 5.41) is 33.2. The quantitative estimate of drug-likeness (QED) is 0.586. The van der Waals surface area contributed by atoms with E-state index in [0.29, 0.717) is 17.3 Å². The fraction of sp³-hybridized carbons (Fsp3) is 0.667. The predicted octanol–water partition coefficient (Wildman–Crippen LogP) is -0.648. The average Bonchev–Trinajstić information content (AvgIpc) is 2.94. The molecule has 0 radical (unpaired) electrons. The molecule has 2 aliphatic rings. The van der Waals surface area contributed by atoms with Gasteiger partial charge in [0.05, 0.1) is 25.3 Å². The van der Waals surface area contributed by atoms with Crippen LogP contribution < -0.4 is 5.32 Å². The molecule has 2 aliphatic heterocycles. The Morgan fingerprint density at radius 3 is 3.00 bits per heavy atom. The lowest BCUT2D eigenvalue weighted by Gasteiger charge is -2.19. The van der Waals surface area contributed by atoms with E-state index in [1.165, 1.54) is 24.4 Å². The van der Waals surface area contributed by atoms with Gasteiger partial charge in [-0.2, -0.15) is 11.8 Å². The minimum absolute atomic E-state index is 0.225. The zero-order chi connectivity index (χ0) is 15.0. The number of ether oxygens (including phenoxy) is 1. The highest BCUT2D eigenvalue weighted by Crippen LogP contribution is 2.35. The third-order valence-electron chi connectivity index (χ3n) is 3.65. The number of aromatic nitrogens is 2. The first kappa shape index (κ1) is 14.8. The van der Waals surface area contributed by atoms with E-state index in [1.807, 2.05) is 6.26 Å². The summed E-state index contributed by atoms with van der Waals surface area (Å²) in [4.78, 5) is 8.15.